The number of ether oxygens (including phenoxy) is 2. The Kier molecular flexibility index (Phi) is 5.51. The standard InChI is InChI=1S/C26H28O6/c1-14(2)6-11-17-22(27)21-23(28)19(15-7-9-16(30-5)10-8-15)13-31-25(21)18-12-20(26(3,4)29)32-24(17)18/h6-10,13,20,27,29H,11-12H2,1-5H3/t20-/m1/s1. The highest BCUT2D eigenvalue weighted by atomic mass is 16.5. The van der Waals surface area contributed by atoms with Crippen molar-refractivity contribution in [3.05, 3.63) is 63.5 Å². The third kappa shape index (κ3) is 3.75. The van der Waals surface area contributed by atoms with E-state index >= 15 is 0 Å². The molecule has 1 aliphatic rings. The molecule has 0 amide bonds. The van der Waals surface area contributed by atoms with Gasteiger partial charge in [-0.2, -0.15) is 0 Å². The number of benzene rings is 2. The molecule has 2 N–H and O–H groups in total. The highest BCUT2D eigenvalue weighted by Gasteiger charge is 2.39. The quantitative estimate of drug-likeness (QED) is 0.561. The Morgan fingerprint density at radius 2 is 1.94 bits per heavy atom. The first-order valence-electron chi connectivity index (χ1n) is 10.6. The van der Waals surface area contributed by atoms with E-state index in [0.717, 1.165) is 5.57 Å². The van der Waals surface area contributed by atoms with Crippen LogP contribution in [0.25, 0.3) is 22.1 Å². The van der Waals surface area contributed by atoms with Crippen molar-refractivity contribution in [2.24, 2.45) is 0 Å². The van der Waals surface area contributed by atoms with Gasteiger partial charge in [0.25, 0.3) is 0 Å². The number of methoxy groups -OCH3 is 1. The van der Waals surface area contributed by atoms with E-state index in [4.69, 9.17) is 13.9 Å². The minimum Gasteiger partial charge on any atom is -0.507 e. The molecule has 0 bridgehead atoms. The first kappa shape index (κ1) is 22.0. The van der Waals surface area contributed by atoms with Gasteiger partial charge in [-0.3, -0.25) is 4.79 Å². The fourth-order valence-corrected chi connectivity index (χ4v) is 4.01. The van der Waals surface area contributed by atoms with Crippen molar-refractivity contribution >= 4 is 11.0 Å². The number of phenolic OH excluding ortho intramolecular Hbond substituents is 1. The molecule has 0 radical (unpaired) electrons. The van der Waals surface area contributed by atoms with Crippen molar-refractivity contribution in [2.45, 2.75) is 52.2 Å². The molecule has 1 aromatic heterocycles. The second-order valence-electron chi connectivity index (χ2n) is 9.00. The van der Waals surface area contributed by atoms with Crippen LogP contribution < -0.4 is 14.9 Å². The summed E-state index contributed by atoms with van der Waals surface area (Å²) in [5.74, 6) is 1.02. The van der Waals surface area contributed by atoms with Crippen LogP contribution in [0.15, 0.2) is 51.4 Å². The molecule has 3 aromatic rings. The van der Waals surface area contributed by atoms with Crippen molar-refractivity contribution in [1.82, 2.24) is 0 Å². The molecule has 0 spiro atoms. The molecule has 2 aromatic carbocycles. The molecular weight excluding hydrogens is 408 g/mol. The van der Waals surface area contributed by atoms with Gasteiger partial charge in [-0.15, -0.1) is 0 Å². The van der Waals surface area contributed by atoms with Gasteiger partial charge in [0.2, 0.25) is 5.43 Å². The molecule has 168 valence electrons. The third-order valence-electron chi connectivity index (χ3n) is 5.89. The first-order chi connectivity index (χ1) is 15.1. The minimum absolute atomic E-state index is 0.134. The second-order valence-corrected chi connectivity index (χ2v) is 9.00. The lowest BCUT2D eigenvalue weighted by molar-refractivity contribution is -0.0232. The number of aromatic hydroxyl groups is 1. The Morgan fingerprint density at radius 3 is 2.53 bits per heavy atom. The Bertz CT molecular complexity index is 1250. The van der Waals surface area contributed by atoms with Crippen LogP contribution in [-0.4, -0.2) is 29.0 Å². The molecule has 4 rings (SSSR count). The van der Waals surface area contributed by atoms with Crippen LogP contribution in [-0.2, 0) is 12.8 Å². The minimum atomic E-state index is -1.10. The number of fused-ring (bicyclic) bond motifs is 3. The SMILES string of the molecule is COc1ccc(-c2coc3c4c(c(CC=C(C)C)c(O)c3c2=O)O[C@@H](C(C)(C)O)C4)cc1. The molecule has 6 nitrogen and oxygen atoms in total. The number of rotatable bonds is 5. The Labute approximate surface area is 186 Å². The van der Waals surface area contributed by atoms with Gasteiger partial charge in [-0.1, -0.05) is 23.8 Å². The number of hydrogen-bond donors (Lipinski definition) is 2. The van der Waals surface area contributed by atoms with Gasteiger partial charge in [-0.05, 0) is 51.8 Å². The van der Waals surface area contributed by atoms with E-state index in [1.54, 1.807) is 45.2 Å². The van der Waals surface area contributed by atoms with Crippen LogP contribution in [0.1, 0.15) is 38.8 Å². The van der Waals surface area contributed by atoms with Crippen LogP contribution >= 0.6 is 0 Å². The Hall–Kier alpha value is -3.25. The van der Waals surface area contributed by atoms with Gasteiger partial charge in [0.05, 0.1) is 18.3 Å². The van der Waals surface area contributed by atoms with Gasteiger partial charge in [0, 0.05) is 17.5 Å². The van der Waals surface area contributed by atoms with Gasteiger partial charge in [0.1, 0.15) is 40.6 Å². The molecule has 1 atom stereocenters. The summed E-state index contributed by atoms with van der Waals surface area (Å²) in [6, 6.07) is 7.09. The molecular formula is C26H28O6. The molecule has 32 heavy (non-hydrogen) atoms. The highest BCUT2D eigenvalue weighted by molar-refractivity contribution is 5.93. The summed E-state index contributed by atoms with van der Waals surface area (Å²) < 4.78 is 17.2. The lowest BCUT2D eigenvalue weighted by Crippen LogP contribution is -2.39. The van der Waals surface area contributed by atoms with Crippen LogP contribution in [0.5, 0.6) is 17.2 Å². The fraction of sp³-hybridized carbons (Fsp3) is 0.346. The van der Waals surface area contributed by atoms with E-state index in [-0.39, 0.29) is 16.6 Å². The monoisotopic (exact) mass is 436 g/mol. The van der Waals surface area contributed by atoms with E-state index in [2.05, 4.69) is 0 Å². The topological polar surface area (TPSA) is 89.1 Å². The van der Waals surface area contributed by atoms with Crippen LogP contribution in [0, 0.1) is 0 Å². The van der Waals surface area contributed by atoms with Crippen LogP contribution in [0.4, 0.5) is 0 Å². The zero-order chi connectivity index (χ0) is 23.2. The predicted octanol–water partition coefficient (Wildman–Crippen LogP) is 4.76. The van der Waals surface area contributed by atoms with Gasteiger partial charge in [-0.25, -0.2) is 0 Å². The molecule has 0 saturated carbocycles. The lowest BCUT2D eigenvalue weighted by atomic mass is 9.93. The molecule has 0 aliphatic carbocycles. The van der Waals surface area contributed by atoms with Crippen molar-refractivity contribution in [2.75, 3.05) is 7.11 Å². The van der Waals surface area contributed by atoms with E-state index < -0.39 is 11.7 Å². The second kappa shape index (κ2) is 8.02. The zero-order valence-electron chi connectivity index (χ0n) is 19.0. The molecule has 1 aliphatic heterocycles. The number of hydrogen-bond acceptors (Lipinski definition) is 6. The number of phenols is 1. The average Bonchev–Trinajstić information content (AvgIpc) is 3.19. The third-order valence-corrected chi connectivity index (χ3v) is 5.89. The maximum absolute atomic E-state index is 13.5. The fourth-order valence-electron chi connectivity index (χ4n) is 4.01. The maximum Gasteiger partial charge on any atom is 0.204 e. The molecule has 0 unspecified atom stereocenters. The van der Waals surface area contributed by atoms with Gasteiger partial charge in [0.15, 0.2) is 0 Å². The number of aliphatic hydroxyl groups is 1. The van der Waals surface area contributed by atoms with Gasteiger partial charge >= 0.3 is 0 Å². The first-order valence-corrected chi connectivity index (χ1v) is 10.6. The van der Waals surface area contributed by atoms with E-state index in [9.17, 15) is 15.0 Å². The summed E-state index contributed by atoms with van der Waals surface area (Å²) >= 11 is 0. The molecule has 2 heterocycles. The van der Waals surface area contributed by atoms with Crippen molar-refractivity contribution in [3.8, 4) is 28.4 Å². The van der Waals surface area contributed by atoms with E-state index in [1.807, 2.05) is 19.9 Å². The summed E-state index contributed by atoms with van der Waals surface area (Å²) in [6.07, 6.45) is 3.65. The van der Waals surface area contributed by atoms with Crippen LogP contribution in [0.2, 0.25) is 0 Å². The van der Waals surface area contributed by atoms with Crippen molar-refractivity contribution < 1.29 is 24.1 Å². The Balaban J connectivity index is 1.96. The maximum atomic E-state index is 13.5. The van der Waals surface area contributed by atoms with Crippen LogP contribution in [0.3, 0.4) is 0 Å². The van der Waals surface area contributed by atoms with Crippen molar-refractivity contribution in [3.63, 3.8) is 0 Å². The summed E-state index contributed by atoms with van der Waals surface area (Å²) in [6.45, 7) is 7.29. The normalized spacial score (nSPS) is 15.4. The van der Waals surface area contributed by atoms with Gasteiger partial charge < -0.3 is 24.1 Å². The smallest absolute Gasteiger partial charge is 0.204 e. The summed E-state index contributed by atoms with van der Waals surface area (Å²) in [4.78, 5) is 13.5. The summed E-state index contributed by atoms with van der Waals surface area (Å²) in [5, 5.41) is 21.9. The molecule has 0 fully saturated rings. The summed E-state index contributed by atoms with van der Waals surface area (Å²) in [5.41, 5.74) is 2.20. The average molecular weight is 437 g/mol. The predicted molar refractivity (Wildman–Crippen MR) is 124 cm³/mol. The zero-order valence-corrected chi connectivity index (χ0v) is 19.0. The molecule has 0 saturated heterocycles. The van der Waals surface area contributed by atoms with Crippen molar-refractivity contribution in [1.29, 1.82) is 0 Å². The van der Waals surface area contributed by atoms with E-state index in [0.29, 0.717) is 52.2 Å². The highest BCUT2D eigenvalue weighted by Crippen LogP contribution is 2.46. The van der Waals surface area contributed by atoms with E-state index in [1.165, 1.54) is 6.26 Å². The Morgan fingerprint density at radius 1 is 1.25 bits per heavy atom. The summed E-state index contributed by atoms with van der Waals surface area (Å²) in [7, 11) is 1.58. The molecule has 6 heteroatoms. The lowest BCUT2D eigenvalue weighted by Gasteiger charge is -2.24. The number of allylic oxidation sites excluding steroid dienone is 2. The largest absolute Gasteiger partial charge is 0.507 e.